The molecule has 0 N–H and O–H groups in total. The lowest BCUT2D eigenvalue weighted by molar-refractivity contribution is 0.0841. The molecular weight excluding hydrogens is 308 g/mol. The van der Waals surface area contributed by atoms with Gasteiger partial charge in [0.15, 0.2) is 9.84 Å². The van der Waals surface area contributed by atoms with E-state index in [-0.39, 0.29) is 11.0 Å². The van der Waals surface area contributed by atoms with Gasteiger partial charge in [-0.15, -0.1) is 0 Å². The molecule has 1 atom stereocenters. The molecule has 0 radical (unpaired) electrons. The Morgan fingerprint density at radius 3 is 2.22 bits per heavy atom. The van der Waals surface area contributed by atoms with Gasteiger partial charge in [-0.25, -0.2) is 8.42 Å². The highest BCUT2D eigenvalue weighted by atomic mass is 32.2. The van der Waals surface area contributed by atoms with E-state index in [0.717, 1.165) is 5.56 Å². The second-order valence-electron chi connectivity index (χ2n) is 5.07. The molecule has 120 valence electrons. The normalized spacial score (nSPS) is 13.6. The predicted molar refractivity (Wildman–Crippen MR) is 92.6 cm³/mol. The van der Waals surface area contributed by atoms with Gasteiger partial charge < -0.3 is 4.74 Å². The molecule has 0 spiro atoms. The molecule has 2 rings (SSSR count). The lowest BCUT2D eigenvalue weighted by Crippen LogP contribution is -2.04. The van der Waals surface area contributed by atoms with E-state index >= 15 is 0 Å². The molecule has 0 saturated carbocycles. The molecule has 0 aliphatic heterocycles. The molecule has 3 nitrogen and oxygen atoms in total. The largest absolute Gasteiger partial charge is 0.370 e. The standard InChI is InChI=1S/C19H20O3S/c1-17(22-16-18-11-4-2-5-12-18)10-8-9-15-23(20,21)19-13-6-3-7-14-19/h2-15,17H,16H2,1H3/b10-8+,15-9+/t17-/m0/s1. The van der Waals surface area contributed by atoms with Crippen molar-refractivity contribution in [3.63, 3.8) is 0 Å². The monoisotopic (exact) mass is 328 g/mol. The van der Waals surface area contributed by atoms with Gasteiger partial charge in [0.25, 0.3) is 0 Å². The van der Waals surface area contributed by atoms with Crippen molar-refractivity contribution in [2.45, 2.75) is 24.5 Å². The topological polar surface area (TPSA) is 43.4 Å². The second-order valence-corrected chi connectivity index (χ2v) is 6.91. The number of ether oxygens (including phenoxy) is 1. The summed E-state index contributed by atoms with van der Waals surface area (Å²) in [5, 5.41) is 1.20. The Kier molecular flexibility index (Phi) is 6.32. The van der Waals surface area contributed by atoms with Gasteiger partial charge in [-0.1, -0.05) is 66.8 Å². The molecular formula is C19H20O3S. The Morgan fingerprint density at radius 2 is 1.57 bits per heavy atom. The van der Waals surface area contributed by atoms with Crippen LogP contribution in [-0.4, -0.2) is 14.5 Å². The van der Waals surface area contributed by atoms with Gasteiger partial charge in [0, 0.05) is 5.41 Å². The molecule has 0 aliphatic rings. The molecule has 2 aromatic carbocycles. The summed E-state index contributed by atoms with van der Waals surface area (Å²) < 4.78 is 29.7. The van der Waals surface area contributed by atoms with Crippen LogP contribution in [0, 0.1) is 0 Å². The van der Waals surface area contributed by atoms with E-state index in [0.29, 0.717) is 6.61 Å². The van der Waals surface area contributed by atoms with E-state index in [1.54, 1.807) is 36.4 Å². The van der Waals surface area contributed by atoms with Crippen molar-refractivity contribution in [3.8, 4) is 0 Å². The van der Waals surface area contributed by atoms with Crippen LogP contribution in [0.25, 0.3) is 0 Å². The maximum Gasteiger partial charge on any atom is 0.199 e. The summed E-state index contributed by atoms with van der Waals surface area (Å²) in [6.45, 7) is 2.44. The van der Waals surface area contributed by atoms with Gasteiger partial charge in [0.05, 0.1) is 17.6 Å². The highest BCUT2D eigenvalue weighted by Crippen LogP contribution is 2.11. The molecule has 0 aliphatic carbocycles. The molecule has 0 fully saturated rings. The van der Waals surface area contributed by atoms with Crippen LogP contribution in [0.15, 0.2) is 89.2 Å². The molecule has 0 unspecified atom stereocenters. The summed E-state index contributed by atoms with van der Waals surface area (Å²) in [7, 11) is -3.39. The summed E-state index contributed by atoms with van der Waals surface area (Å²) >= 11 is 0. The van der Waals surface area contributed by atoms with Crippen LogP contribution in [0.1, 0.15) is 12.5 Å². The second kappa shape index (κ2) is 8.46. The van der Waals surface area contributed by atoms with Crippen LogP contribution < -0.4 is 0 Å². The van der Waals surface area contributed by atoms with Gasteiger partial charge in [-0.2, -0.15) is 0 Å². The molecule has 0 amide bonds. The van der Waals surface area contributed by atoms with E-state index in [1.165, 1.54) is 11.5 Å². The molecule has 0 saturated heterocycles. The third kappa shape index (κ3) is 5.85. The third-order valence-corrected chi connectivity index (χ3v) is 4.62. The van der Waals surface area contributed by atoms with Crippen LogP contribution in [0.5, 0.6) is 0 Å². The lowest BCUT2D eigenvalue weighted by atomic mass is 10.2. The Morgan fingerprint density at radius 1 is 0.957 bits per heavy atom. The highest BCUT2D eigenvalue weighted by molar-refractivity contribution is 7.94. The van der Waals surface area contributed by atoms with E-state index in [9.17, 15) is 8.42 Å². The smallest absolute Gasteiger partial charge is 0.199 e. The predicted octanol–water partition coefficient (Wildman–Crippen LogP) is 4.14. The first-order valence-electron chi connectivity index (χ1n) is 7.38. The van der Waals surface area contributed by atoms with E-state index in [1.807, 2.05) is 43.3 Å². The fraction of sp³-hybridized carbons (Fsp3) is 0.158. The zero-order valence-corrected chi connectivity index (χ0v) is 13.8. The number of benzene rings is 2. The number of hydrogen-bond donors (Lipinski definition) is 0. The van der Waals surface area contributed by atoms with Crippen LogP contribution >= 0.6 is 0 Å². The molecule has 0 aromatic heterocycles. The maximum atomic E-state index is 12.0. The van der Waals surface area contributed by atoms with Crippen molar-refractivity contribution in [2.24, 2.45) is 0 Å². The summed E-state index contributed by atoms with van der Waals surface area (Å²) in [4.78, 5) is 0.290. The van der Waals surface area contributed by atoms with Crippen LogP contribution in [0.3, 0.4) is 0 Å². The minimum atomic E-state index is -3.39. The fourth-order valence-electron chi connectivity index (χ4n) is 1.92. The maximum absolute atomic E-state index is 12.0. The summed E-state index contributed by atoms with van der Waals surface area (Å²) in [5.74, 6) is 0. The van der Waals surface area contributed by atoms with Gasteiger partial charge in [0.1, 0.15) is 0 Å². The fourth-order valence-corrected chi connectivity index (χ4v) is 2.91. The number of allylic oxidation sites excluding steroid dienone is 2. The first kappa shape index (κ1) is 17.2. The number of sulfone groups is 1. The SMILES string of the molecule is C[C@@H](/C=C/C=C/S(=O)(=O)c1ccccc1)OCc1ccccc1. The van der Waals surface area contributed by atoms with E-state index in [2.05, 4.69) is 0 Å². The summed E-state index contributed by atoms with van der Waals surface area (Å²) in [5.41, 5.74) is 1.11. The lowest BCUT2D eigenvalue weighted by Gasteiger charge is -2.08. The van der Waals surface area contributed by atoms with Crippen molar-refractivity contribution in [3.05, 3.63) is 89.9 Å². The number of hydrogen-bond acceptors (Lipinski definition) is 3. The van der Waals surface area contributed by atoms with Gasteiger partial charge in [-0.05, 0) is 24.6 Å². The first-order chi connectivity index (χ1) is 11.1. The summed E-state index contributed by atoms with van der Waals surface area (Å²) in [6.07, 6.45) is 4.93. The zero-order chi connectivity index (χ0) is 16.5. The Balaban J connectivity index is 1.86. The van der Waals surface area contributed by atoms with Crippen LogP contribution in [0.4, 0.5) is 0 Å². The Bertz CT molecular complexity index is 748. The van der Waals surface area contributed by atoms with Crippen LogP contribution in [-0.2, 0) is 21.2 Å². The number of rotatable bonds is 7. The van der Waals surface area contributed by atoms with Gasteiger partial charge >= 0.3 is 0 Å². The van der Waals surface area contributed by atoms with Crippen molar-refractivity contribution in [1.29, 1.82) is 0 Å². The molecule has 0 bridgehead atoms. The Labute approximate surface area is 137 Å². The minimum absolute atomic E-state index is 0.0979. The van der Waals surface area contributed by atoms with Crippen molar-refractivity contribution >= 4 is 9.84 Å². The molecule has 4 heteroatoms. The quantitative estimate of drug-likeness (QED) is 0.718. The highest BCUT2D eigenvalue weighted by Gasteiger charge is 2.07. The summed E-state index contributed by atoms with van der Waals surface area (Å²) in [6, 6.07) is 18.3. The van der Waals surface area contributed by atoms with Crippen molar-refractivity contribution < 1.29 is 13.2 Å². The average molecular weight is 328 g/mol. The molecule has 2 aromatic rings. The van der Waals surface area contributed by atoms with Gasteiger partial charge in [-0.3, -0.25) is 0 Å². The molecule has 23 heavy (non-hydrogen) atoms. The Hall–Kier alpha value is -2.17. The van der Waals surface area contributed by atoms with Crippen molar-refractivity contribution in [2.75, 3.05) is 0 Å². The van der Waals surface area contributed by atoms with E-state index in [4.69, 9.17) is 4.74 Å². The van der Waals surface area contributed by atoms with Gasteiger partial charge in [0.2, 0.25) is 0 Å². The zero-order valence-electron chi connectivity index (χ0n) is 13.0. The average Bonchev–Trinajstić information content (AvgIpc) is 2.59. The minimum Gasteiger partial charge on any atom is -0.370 e. The van der Waals surface area contributed by atoms with E-state index < -0.39 is 9.84 Å². The van der Waals surface area contributed by atoms with Crippen molar-refractivity contribution in [1.82, 2.24) is 0 Å². The van der Waals surface area contributed by atoms with Crippen LogP contribution in [0.2, 0.25) is 0 Å². The molecule has 0 heterocycles. The first-order valence-corrected chi connectivity index (χ1v) is 8.93. The third-order valence-electron chi connectivity index (χ3n) is 3.18.